The molecule has 0 radical (unpaired) electrons. The van der Waals surface area contributed by atoms with Crippen molar-refractivity contribution >= 4 is 29.0 Å². The normalized spacial score (nSPS) is 16.1. The zero-order valence-electron chi connectivity index (χ0n) is 18.9. The third kappa shape index (κ3) is 6.04. The summed E-state index contributed by atoms with van der Waals surface area (Å²) in [6, 6.07) is 16.9. The van der Waals surface area contributed by atoms with Gasteiger partial charge < -0.3 is 9.88 Å². The van der Waals surface area contributed by atoms with Crippen LogP contribution in [0.4, 0.5) is 0 Å². The highest BCUT2D eigenvalue weighted by Gasteiger charge is 2.35. The van der Waals surface area contributed by atoms with Gasteiger partial charge in [-0.3, -0.25) is 4.79 Å². The first-order chi connectivity index (χ1) is 16.1. The number of aryl methyl sites for hydroxylation is 1. The van der Waals surface area contributed by atoms with Crippen molar-refractivity contribution in [3.8, 4) is 6.07 Å². The molecule has 1 aliphatic rings. The van der Waals surface area contributed by atoms with E-state index in [1.807, 2.05) is 31.2 Å². The highest BCUT2D eigenvalue weighted by atomic mass is 32.2. The van der Waals surface area contributed by atoms with Gasteiger partial charge in [0.2, 0.25) is 5.91 Å². The van der Waals surface area contributed by atoms with Crippen LogP contribution in [0.2, 0.25) is 0 Å². The van der Waals surface area contributed by atoms with Crippen LogP contribution in [-0.4, -0.2) is 31.5 Å². The van der Waals surface area contributed by atoms with Crippen molar-refractivity contribution in [3.63, 3.8) is 0 Å². The summed E-state index contributed by atoms with van der Waals surface area (Å²) in [7, 11) is 0. The van der Waals surface area contributed by atoms with E-state index in [9.17, 15) is 10.1 Å². The third-order valence-corrected chi connectivity index (χ3v) is 8.06. The van der Waals surface area contributed by atoms with Crippen LogP contribution in [0.15, 0.2) is 53.0 Å². The monoisotopic (exact) mass is 479 g/mol. The minimum absolute atomic E-state index is 0.110. The molecule has 1 aliphatic carbocycles. The van der Waals surface area contributed by atoms with E-state index in [1.165, 1.54) is 22.2 Å². The van der Waals surface area contributed by atoms with Crippen LogP contribution in [-0.2, 0) is 24.2 Å². The zero-order valence-corrected chi connectivity index (χ0v) is 20.5. The molecule has 6 nitrogen and oxygen atoms in total. The minimum atomic E-state index is -0.727. The Morgan fingerprint density at radius 1 is 1.21 bits per heavy atom. The second-order valence-electron chi connectivity index (χ2n) is 8.55. The maximum atomic E-state index is 13.0. The fourth-order valence-corrected chi connectivity index (χ4v) is 5.78. The summed E-state index contributed by atoms with van der Waals surface area (Å²) in [6.45, 7) is 2.62. The number of thiophene rings is 1. The Bertz CT molecular complexity index is 1080. The molecule has 4 rings (SSSR count). The number of nitriles is 1. The van der Waals surface area contributed by atoms with Gasteiger partial charge in [0.25, 0.3) is 0 Å². The molecular formula is C25H29N5OS2. The van der Waals surface area contributed by atoms with E-state index in [-0.39, 0.29) is 11.2 Å². The first-order valence-corrected chi connectivity index (χ1v) is 13.2. The molecule has 0 spiro atoms. The van der Waals surface area contributed by atoms with Gasteiger partial charge in [-0.1, -0.05) is 67.4 Å². The van der Waals surface area contributed by atoms with Crippen molar-refractivity contribution in [1.82, 2.24) is 20.1 Å². The largest absolute Gasteiger partial charge is 0.337 e. The molecule has 1 N–H and O–H groups in total. The van der Waals surface area contributed by atoms with Crippen molar-refractivity contribution in [3.05, 3.63) is 64.1 Å². The van der Waals surface area contributed by atoms with Crippen LogP contribution >= 0.6 is 23.1 Å². The molecule has 0 bridgehead atoms. The second kappa shape index (κ2) is 11.0. The number of hydrogen-bond acceptors (Lipinski definition) is 6. The number of rotatable bonds is 9. The molecule has 1 fully saturated rings. The Balaban J connectivity index is 1.48. The lowest BCUT2D eigenvalue weighted by atomic mass is 9.83. The molecule has 1 aromatic carbocycles. The van der Waals surface area contributed by atoms with E-state index < -0.39 is 5.54 Å². The van der Waals surface area contributed by atoms with Crippen molar-refractivity contribution in [1.29, 1.82) is 5.26 Å². The van der Waals surface area contributed by atoms with Gasteiger partial charge in [0.1, 0.15) is 11.4 Å². The van der Waals surface area contributed by atoms with E-state index in [4.69, 9.17) is 0 Å². The number of amides is 1. The van der Waals surface area contributed by atoms with Crippen LogP contribution in [0.1, 0.15) is 55.3 Å². The fourth-order valence-electron chi connectivity index (χ4n) is 4.19. The summed E-state index contributed by atoms with van der Waals surface area (Å²) in [4.78, 5) is 14.2. The molecule has 1 amide bonds. The minimum Gasteiger partial charge on any atom is -0.337 e. The second-order valence-corrected chi connectivity index (χ2v) is 10.9. The summed E-state index contributed by atoms with van der Waals surface area (Å²) in [6.07, 6.45) is 6.13. The van der Waals surface area contributed by atoms with E-state index in [2.05, 4.69) is 49.7 Å². The van der Waals surface area contributed by atoms with Crippen LogP contribution in [0.5, 0.6) is 0 Å². The predicted molar refractivity (Wildman–Crippen MR) is 132 cm³/mol. The van der Waals surface area contributed by atoms with Crippen molar-refractivity contribution in [2.24, 2.45) is 0 Å². The van der Waals surface area contributed by atoms with Crippen molar-refractivity contribution in [2.75, 3.05) is 0 Å². The maximum absolute atomic E-state index is 13.0. The van der Waals surface area contributed by atoms with Gasteiger partial charge in [-0.2, -0.15) is 5.26 Å². The average Bonchev–Trinajstić information content (AvgIpc) is 3.49. The van der Waals surface area contributed by atoms with Gasteiger partial charge in [-0.15, -0.1) is 21.5 Å². The summed E-state index contributed by atoms with van der Waals surface area (Å²) >= 11 is 3.12. The Kier molecular flexibility index (Phi) is 7.84. The molecule has 2 aromatic heterocycles. The molecular weight excluding hydrogens is 450 g/mol. The number of carbonyl (C=O) groups is 1. The lowest BCUT2D eigenvalue weighted by molar-refractivity contribution is -0.121. The smallest absolute Gasteiger partial charge is 0.234 e. The summed E-state index contributed by atoms with van der Waals surface area (Å²) < 4.78 is 2.14. The Labute approximate surface area is 203 Å². The van der Waals surface area contributed by atoms with E-state index >= 15 is 0 Å². The molecule has 0 saturated heterocycles. The molecule has 0 aliphatic heterocycles. The van der Waals surface area contributed by atoms with Gasteiger partial charge in [-0.25, -0.2) is 0 Å². The van der Waals surface area contributed by atoms with E-state index in [1.54, 1.807) is 11.3 Å². The first kappa shape index (κ1) is 23.5. The summed E-state index contributed by atoms with van der Waals surface area (Å²) in [5, 5.41) is 24.1. The molecule has 3 aromatic rings. The third-order valence-electron chi connectivity index (χ3n) is 6.11. The van der Waals surface area contributed by atoms with E-state index in [0.717, 1.165) is 62.5 Å². The van der Waals surface area contributed by atoms with Crippen LogP contribution in [0, 0.1) is 11.3 Å². The van der Waals surface area contributed by atoms with Crippen LogP contribution in [0.25, 0.3) is 0 Å². The van der Waals surface area contributed by atoms with E-state index in [0.29, 0.717) is 0 Å². The van der Waals surface area contributed by atoms with Crippen molar-refractivity contribution in [2.45, 2.75) is 74.4 Å². The van der Waals surface area contributed by atoms with Crippen LogP contribution in [0.3, 0.4) is 0 Å². The molecule has 8 heteroatoms. The van der Waals surface area contributed by atoms with Crippen LogP contribution < -0.4 is 5.32 Å². The van der Waals surface area contributed by atoms with Crippen molar-refractivity contribution < 1.29 is 4.79 Å². The SMILES string of the molecule is CC(Sc1nnc(Cc2cccs2)n1CCc1ccccc1)C(=O)NC1(C#N)CCCCC1. The highest BCUT2D eigenvalue weighted by molar-refractivity contribution is 8.00. The average molecular weight is 480 g/mol. The molecule has 1 saturated carbocycles. The lowest BCUT2D eigenvalue weighted by Gasteiger charge is -2.32. The molecule has 33 heavy (non-hydrogen) atoms. The number of aromatic nitrogens is 3. The molecule has 1 unspecified atom stereocenters. The Morgan fingerprint density at radius 3 is 2.70 bits per heavy atom. The number of nitrogens with zero attached hydrogens (tertiary/aromatic N) is 4. The number of benzene rings is 1. The zero-order chi connectivity index (χ0) is 23.1. The highest BCUT2D eigenvalue weighted by Crippen LogP contribution is 2.29. The Morgan fingerprint density at radius 2 is 2.00 bits per heavy atom. The fraction of sp³-hybridized carbons (Fsp3) is 0.440. The standard InChI is InChI=1S/C25H29N5OS2/c1-19(23(31)27-25(18-26)13-6-3-7-14-25)33-24-29-28-22(17-21-11-8-16-32-21)30(24)15-12-20-9-4-2-5-10-20/h2,4-5,8-11,16,19H,3,6-7,12-15,17H2,1H3,(H,27,31). The number of nitrogens with one attached hydrogen (secondary N) is 1. The molecule has 2 heterocycles. The number of hydrogen-bond donors (Lipinski definition) is 1. The quantitative estimate of drug-likeness (QED) is 0.437. The topological polar surface area (TPSA) is 83.6 Å². The summed E-state index contributed by atoms with van der Waals surface area (Å²) in [5.41, 5.74) is 0.526. The Hall–Kier alpha value is -2.63. The molecule has 172 valence electrons. The molecule has 1 atom stereocenters. The van der Waals surface area contributed by atoms with Gasteiger partial charge in [-0.05, 0) is 43.2 Å². The predicted octanol–water partition coefficient (Wildman–Crippen LogP) is 5.00. The van der Waals surface area contributed by atoms with Gasteiger partial charge in [0.05, 0.1) is 11.3 Å². The lowest BCUT2D eigenvalue weighted by Crippen LogP contribution is -2.51. The maximum Gasteiger partial charge on any atom is 0.234 e. The summed E-state index contributed by atoms with van der Waals surface area (Å²) in [5.74, 6) is 0.796. The van der Waals surface area contributed by atoms with Gasteiger partial charge in [0, 0.05) is 17.8 Å². The number of carbonyl (C=O) groups excluding carboxylic acids is 1. The number of thioether (sulfide) groups is 1. The first-order valence-electron chi connectivity index (χ1n) is 11.5. The van der Waals surface area contributed by atoms with Gasteiger partial charge >= 0.3 is 0 Å². The van der Waals surface area contributed by atoms with Gasteiger partial charge in [0.15, 0.2) is 5.16 Å².